The molecule has 3 rings (SSSR count). The third-order valence-corrected chi connectivity index (χ3v) is 7.21. The van der Waals surface area contributed by atoms with Crippen LogP contribution in [-0.4, -0.2) is 57.8 Å². The zero-order chi connectivity index (χ0) is 21.7. The summed E-state index contributed by atoms with van der Waals surface area (Å²) >= 11 is 0. The topological polar surface area (TPSA) is 73.0 Å². The lowest BCUT2D eigenvalue weighted by Gasteiger charge is -2.23. The molecule has 8 heteroatoms. The van der Waals surface area contributed by atoms with Crippen LogP contribution in [0.25, 0.3) is 0 Å². The van der Waals surface area contributed by atoms with Crippen LogP contribution in [0.4, 0.5) is 5.69 Å². The Labute approximate surface area is 179 Å². The molecule has 2 aromatic rings. The molecule has 1 aliphatic rings. The quantitative estimate of drug-likeness (QED) is 0.698. The zero-order valence-corrected chi connectivity index (χ0v) is 18.7. The number of amides is 1. The molecule has 2 aromatic carbocycles. The molecule has 0 aliphatic carbocycles. The molecular formula is C22H30N4O3S. The second-order valence-electron chi connectivity index (χ2n) is 7.79. The van der Waals surface area contributed by atoms with E-state index in [1.165, 1.54) is 56.9 Å². The Morgan fingerprint density at radius 1 is 0.933 bits per heavy atom. The second-order valence-corrected chi connectivity index (χ2v) is 9.96. The number of nitrogens with one attached hydrogen (secondary N) is 1. The molecule has 0 bridgehead atoms. The number of hydrogen-bond donors (Lipinski definition) is 1. The summed E-state index contributed by atoms with van der Waals surface area (Å²) in [5.74, 6) is -0.194. The van der Waals surface area contributed by atoms with Crippen LogP contribution in [0.3, 0.4) is 0 Å². The molecule has 0 atom stereocenters. The van der Waals surface area contributed by atoms with Crippen LogP contribution in [0.2, 0.25) is 0 Å². The predicted octanol–water partition coefficient (Wildman–Crippen LogP) is 2.46. The van der Waals surface area contributed by atoms with Gasteiger partial charge in [0.2, 0.25) is 0 Å². The minimum atomic E-state index is -3.56. The van der Waals surface area contributed by atoms with Gasteiger partial charge in [0.05, 0.1) is 5.69 Å². The van der Waals surface area contributed by atoms with Crippen molar-refractivity contribution in [3.63, 3.8) is 0 Å². The summed E-state index contributed by atoms with van der Waals surface area (Å²) in [4.78, 5) is 14.9. The molecule has 0 spiro atoms. The van der Waals surface area contributed by atoms with Gasteiger partial charge >= 0.3 is 10.2 Å². The lowest BCUT2D eigenvalue weighted by molar-refractivity contribution is 0.0951. The first kappa shape index (κ1) is 22.3. The Morgan fingerprint density at radius 2 is 1.50 bits per heavy atom. The van der Waals surface area contributed by atoms with Crippen LogP contribution < -0.4 is 9.62 Å². The molecular weight excluding hydrogens is 400 g/mol. The van der Waals surface area contributed by atoms with E-state index in [1.54, 1.807) is 24.3 Å². The van der Waals surface area contributed by atoms with Crippen molar-refractivity contribution in [2.75, 3.05) is 38.5 Å². The van der Waals surface area contributed by atoms with Gasteiger partial charge < -0.3 is 5.32 Å². The average Bonchev–Trinajstić information content (AvgIpc) is 3.25. The maximum absolute atomic E-state index is 12.4. The molecule has 0 radical (unpaired) electrons. The Hall–Kier alpha value is -2.42. The monoisotopic (exact) mass is 430 g/mol. The molecule has 1 aliphatic heterocycles. The zero-order valence-electron chi connectivity index (χ0n) is 17.8. The molecule has 0 unspecified atom stereocenters. The normalized spacial score (nSPS) is 14.8. The van der Waals surface area contributed by atoms with Gasteiger partial charge in [-0.05, 0) is 61.3 Å². The van der Waals surface area contributed by atoms with E-state index in [0.29, 0.717) is 17.8 Å². The van der Waals surface area contributed by atoms with Crippen molar-refractivity contribution in [3.8, 4) is 0 Å². The Kier molecular flexibility index (Phi) is 7.12. The summed E-state index contributed by atoms with van der Waals surface area (Å²) in [7, 11) is 0.884. The summed E-state index contributed by atoms with van der Waals surface area (Å²) in [5.41, 5.74) is 3.32. The summed E-state index contributed by atoms with van der Waals surface area (Å²) in [6, 6.07) is 14.9. The molecule has 1 N–H and O–H groups in total. The van der Waals surface area contributed by atoms with Crippen molar-refractivity contribution in [1.82, 2.24) is 14.5 Å². The van der Waals surface area contributed by atoms with Gasteiger partial charge in [0, 0.05) is 39.8 Å². The van der Waals surface area contributed by atoms with Crippen molar-refractivity contribution in [3.05, 3.63) is 65.2 Å². The van der Waals surface area contributed by atoms with E-state index >= 15 is 0 Å². The summed E-state index contributed by atoms with van der Waals surface area (Å²) in [5, 5.41) is 2.92. The molecule has 0 saturated carbocycles. The standard InChI is InChI=1S/C22H30N4O3S/c1-24(2)30(28,29)25(3)21-12-10-20(11-13-21)22(27)23-16-18-6-8-19(9-7-18)17-26-14-4-5-15-26/h6-13H,4-5,14-17H2,1-3H3,(H,23,27). The molecule has 1 amide bonds. The number of anilines is 1. The van der Waals surface area contributed by atoms with E-state index in [0.717, 1.165) is 16.4 Å². The maximum atomic E-state index is 12.4. The first-order chi connectivity index (χ1) is 14.3. The lowest BCUT2D eigenvalue weighted by Crippen LogP contribution is -2.37. The first-order valence-electron chi connectivity index (χ1n) is 10.1. The van der Waals surface area contributed by atoms with Crippen molar-refractivity contribution in [2.45, 2.75) is 25.9 Å². The molecule has 1 fully saturated rings. The van der Waals surface area contributed by atoms with Gasteiger partial charge in [0.25, 0.3) is 5.91 Å². The first-order valence-corrected chi connectivity index (χ1v) is 11.5. The van der Waals surface area contributed by atoms with Crippen LogP contribution in [0.1, 0.15) is 34.3 Å². The number of hydrogen-bond acceptors (Lipinski definition) is 4. The number of carbonyl (C=O) groups is 1. The maximum Gasteiger partial charge on any atom is 0.303 e. The fourth-order valence-electron chi connectivity index (χ4n) is 3.45. The van der Waals surface area contributed by atoms with Crippen molar-refractivity contribution >= 4 is 21.8 Å². The second kappa shape index (κ2) is 9.59. The summed E-state index contributed by atoms with van der Waals surface area (Å²) in [6.07, 6.45) is 2.57. The number of nitrogens with zero attached hydrogens (tertiary/aromatic N) is 3. The SMILES string of the molecule is CN(C)S(=O)(=O)N(C)c1ccc(C(=O)NCc2ccc(CN3CCCC3)cc2)cc1. The van der Waals surface area contributed by atoms with E-state index in [2.05, 4.69) is 34.5 Å². The molecule has 7 nitrogen and oxygen atoms in total. The van der Waals surface area contributed by atoms with Crippen LogP contribution in [0.15, 0.2) is 48.5 Å². The number of carbonyl (C=O) groups excluding carboxylic acids is 1. The van der Waals surface area contributed by atoms with Crippen LogP contribution >= 0.6 is 0 Å². The average molecular weight is 431 g/mol. The Bertz CT molecular complexity index is 951. The molecule has 162 valence electrons. The third-order valence-electron chi connectivity index (χ3n) is 5.38. The minimum absolute atomic E-state index is 0.194. The largest absolute Gasteiger partial charge is 0.348 e. The smallest absolute Gasteiger partial charge is 0.303 e. The highest BCUT2D eigenvalue weighted by Crippen LogP contribution is 2.18. The van der Waals surface area contributed by atoms with Crippen LogP contribution in [0.5, 0.6) is 0 Å². The van der Waals surface area contributed by atoms with E-state index in [1.807, 2.05) is 0 Å². The van der Waals surface area contributed by atoms with Gasteiger partial charge in [-0.3, -0.25) is 14.0 Å². The van der Waals surface area contributed by atoms with Gasteiger partial charge in [-0.15, -0.1) is 0 Å². The highest BCUT2D eigenvalue weighted by atomic mass is 32.2. The van der Waals surface area contributed by atoms with E-state index in [4.69, 9.17) is 0 Å². The van der Waals surface area contributed by atoms with Gasteiger partial charge in [-0.25, -0.2) is 0 Å². The van der Waals surface area contributed by atoms with Gasteiger partial charge in [0.15, 0.2) is 0 Å². The lowest BCUT2D eigenvalue weighted by atomic mass is 10.1. The summed E-state index contributed by atoms with van der Waals surface area (Å²) in [6.45, 7) is 3.78. The molecule has 1 heterocycles. The van der Waals surface area contributed by atoms with Gasteiger partial charge in [-0.1, -0.05) is 24.3 Å². The third kappa shape index (κ3) is 5.38. The molecule has 30 heavy (non-hydrogen) atoms. The van der Waals surface area contributed by atoms with Crippen LogP contribution in [0, 0.1) is 0 Å². The summed E-state index contributed by atoms with van der Waals surface area (Å²) < 4.78 is 26.7. The fraction of sp³-hybridized carbons (Fsp3) is 0.409. The molecule has 1 saturated heterocycles. The fourth-order valence-corrected chi connectivity index (χ4v) is 4.32. The van der Waals surface area contributed by atoms with Crippen LogP contribution in [-0.2, 0) is 23.3 Å². The molecule has 0 aromatic heterocycles. The highest BCUT2D eigenvalue weighted by molar-refractivity contribution is 7.90. The van der Waals surface area contributed by atoms with E-state index in [-0.39, 0.29) is 5.91 Å². The highest BCUT2D eigenvalue weighted by Gasteiger charge is 2.21. The Morgan fingerprint density at radius 3 is 2.07 bits per heavy atom. The van der Waals surface area contributed by atoms with E-state index in [9.17, 15) is 13.2 Å². The minimum Gasteiger partial charge on any atom is -0.348 e. The number of likely N-dealkylation sites (tertiary alicyclic amines) is 1. The van der Waals surface area contributed by atoms with Crippen molar-refractivity contribution in [1.29, 1.82) is 0 Å². The van der Waals surface area contributed by atoms with Crippen molar-refractivity contribution < 1.29 is 13.2 Å². The van der Waals surface area contributed by atoms with Gasteiger partial charge in [0.1, 0.15) is 0 Å². The van der Waals surface area contributed by atoms with E-state index < -0.39 is 10.2 Å². The van der Waals surface area contributed by atoms with Gasteiger partial charge in [-0.2, -0.15) is 12.7 Å². The number of rotatable bonds is 8. The Balaban J connectivity index is 1.54. The number of benzene rings is 2. The predicted molar refractivity (Wildman–Crippen MR) is 120 cm³/mol. The van der Waals surface area contributed by atoms with Crippen molar-refractivity contribution in [2.24, 2.45) is 0 Å².